The Balaban J connectivity index is 3.94. The lowest BCUT2D eigenvalue weighted by atomic mass is 10.0. The van der Waals surface area contributed by atoms with Crippen LogP contribution in [0.2, 0.25) is 0 Å². The average molecular weight is 802 g/mol. The fourth-order valence-corrected chi connectivity index (χ4v) is 7.70. The van der Waals surface area contributed by atoms with Crippen molar-refractivity contribution in [2.45, 2.75) is 245 Å². The van der Waals surface area contributed by atoms with Gasteiger partial charge in [-0.15, -0.1) is 0 Å². The molecule has 55 heavy (non-hydrogen) atoms. The van der Waals surface area contributed by atoms with Gasteiger partial charge < -0.3 is 20.1 Å². The molecule has 0 rings (SSSR count). The smallest absolute Gasteiger partial charge is 0.457 e. The van der Waals surface area contributed by atoms with Crippen LogP contribution in [0.25, 0.3) is 0 Å². The second-order valence-electron chi connectivity index (χ2n) is 16.0. The third-order valence-electron chi connectivity index (χ3n) is 10.4. The van der Waals surface area contributed by atoms with Gasteiger partial charge in [-0.2, -0.15) is 0 Å². The zero-order valence-corrected chi connectivity index (χ0v) is 37.3. The first-order chi connectivity index (χ1) is 26.9. The van der Waals surface area contributed by atoms with Gasteiger partial charge in [0.15, 0.2) is 0 Å². The normalized spacial score (nSPS) is 13.5. The second kappa shape index (κ2) is 44.3. The van der Waals surface area contributed by atoms with Gasteiger partial charge in [-0.1, -0.05) is 206 Å². The Bertz CT molecular complexity index is 858. The van der Waals surface area contributed by atoms with Gasteiger partial charge in [0.05, 0.1) is 19.8 Å². The highest BCUT2D eigenvalue weighted by Gasteiger charge is 2.25. The zero-order chi connectivity index (χ0) is 40.2. The molecule has 0 saturated heterocycles. The topological polar surface area (TPSA) is 117 Å². The number of allylic oxidation sites excluding steroid dienone is 2. The Labute approximate surface area is 341 Å². The summed E-state index contributed by atoms with van der Waals surface area (Å²) in [5.41, 5.74) is 5.38. The number of esters is 1. The van der Waals surface area contributed by atoms with Gasteiger partial charge >= 0.3 is 13.8 Å². The molecule has 2 unspecified atom stereocenters. The van der Waals surface area contributed by atoms with Gasteiger partial charge in [0, 0.05) is 19.6 Å². The molecular formula is C46H92NO7P. The first-order valence-electron chi connectivity index (χ1n) is 23.7. The van der Waals surface area contributed by atoms with Crippen LogP contribution in [0, 0.1) is 0 Å². The summed E-state index contributed by atoms with van der Waals surface area (Å²) in [4.78, 5) is 22.5. The Morgan fingerprint density at radius 3 is 1.33 bits per heavy atom. The van der Waals surface area contributed by atoms with Crippen molar-refractivity contribution in [3.8, 4) is 0 Å². The SMILES string of the molecule is CCCCCCCC/C=C\CCCCCCCCOCC(COP(=O)(O)OCCN)OC(=O)CCCCCCCCCCCCCCCCCCCCCC. The van der Waals surface area contributed by atoms with Crippen LogP contribution in [0.4, 0.5) is 0 Å². The number of phosphoric ester groups is 1. The quantitative estimate of drug-likeness (QED) is 0.0270. The molecular weight excluding hydrogens is 709 g/mol. The number of phosphoric acid groups is 1. The fraction of sp³-hybridized carbons (Fsp3) is 0.935. The minimum absolute atomic E-state index is 0.0931. The van der Waals surface area contributed by atoms with E-state index in [2.05, 4.69) is 26.0 Å². The van der Waals surface area contributed by atoms with E-state index in [-0.39, 0.29) is 32.3 Å². The van der Waals surface area contributed by atoms with Crippen LogP contribution >= 0.6 is 7.82 Å². The van der Waals surface area contributed by atoms with Crippen LogP contribution in [0.1, 0.15) is 239 Å². The van der Waals surface area contributed by atoms with E-state index in [0.717, 1.165) is 32.1 Å². The predicted molar refractivity (Wildman–Crippen MR) is 234 cm³/mol. The summed E-state index contributed by atoms with van der Waals surface area (Å²) < 4.78 is 33.5. The summed E-state index contributed by atoms with van der Waals surface area (Å²) in [7, 11) is -4.27. The van der Waals surface area contributed by atoms with Crippen molar-refractivity contribution < 1.29 is 32.8 Å². The molecule has 0 saturated carbocycles. The van der Waals surface area contributed by atoms with Crippen molar-refractivity contribution in [3.05, 3.63) is 12.2 Å². The lowest BCUT2D eigenvalue weighted by Crippen LogP contribution is -2.28. The monoisotopic (exact) mass is 802 g/mol. The van der Waals surface area contributed by atoms with E-state index in [1.165, 1.54) is 186 Å². The zero-order valence-electron chi connectivity index (χ0n) is 36.4. The van der Waals surface area contributed by atoms with Crippen LogP contribution in [-0.4, -0.2) is 49.9 Å². The van der Waals surface area contributed by atoms with Crippen LogP contribution in [-0.2, 0) is 27.9 Å². The predicted octanol–water partition coefficient (Wildman–Crippen LogP) is 14.3. The number of ether oxygens (including phenoxy) is 2. The summed E-state index contributed by atoms with van der Waals surface area (Å²) in [6.07, 6.45) is 48.0. The molecule has 0 spiro atoms. The third-order valence-corrected chi connectivity index (χ3v) is 11.4. The number of hydrogen-bond acceptors (Lipinski definition) is 7. The van der Waals surface area contributed by atoms with Crippen molar-refractivity contribution in [1.29, 1.82) is 0 Å². The van der Waals surface area contributed by atoms with Crippen LogP contribution < -0.4 is 5.73 Å². The third kappa shape index (κ3) is 44.2. The largest absolute Gasteiger partial charge is 0.472 e. The molecule has 2 atom stereocenters. The molecule has 0 aliphatic rings. The maximum Gasteiger partial charge on any atom is 0.472 e. The Hall–Kier alpha value is -0.760. The molecule has 8 nitrogen and oxygen atoms in total. The number of unbranched alkanes of at least 4 members (excludes halogenated alkanes) is 31. The van der Waals surface area contributed by atoms with Crippen molar-refractivity contribution in [2.75, 3.05) is 33.0 Å². The van der Waals surface area contributed by atoms with Crippen molar-refractivity contribution in [3.63, 3.8) is 0 Å². The first kappa shape index (κ1) is 54.2. The molecule has 0 aromatic rings. The molecule has 0 bridgehead atoms. The lowest BCUT2D eigenvalue weighted by molar-refractivity contribution is -0.154. The minimum atomic E-state index is -4.27. The standard InChI is InChI=1S/C46H92NO7P/c1-3-5-7-9-11-13-15-17-19-21-22-23-24-25-27-29-31-33-35-37-39-46(48)54-45(44-53-55(49,50)52-42-40-47)43-51-41-38-36-34-32-30-28-26-20-18-16-14-12-10-8-6-4-2/h18,20,45H,3-17,19,21-44,47H2,1-2H3,(H,49,50)/b20-18-. The maximum absolute atomic E-state index is 12.6. The summed E-state index contributed by atoms with van der Waals surface area (Å²) >= 11 is 0. The highest BCUT2D eigenvalue weighted by molar-refractivity contribution is 7.47. The summed E-state index contributed by atoms with van der Waals surface area (Å²) in [6, 6.07) is 0. The molecule has 0 aromatic heterocycles. The van der Waals surface area contributed by atoms with Crippen molar-refractivity contribution >= 4 is 13.8 Å². The van der Waals surface area contributed by atoms with Gasteiger partial charge in [0.25, 0.3) is 0 Å². The molecule has 0 amide bonds. The van der Waals surface area contributed by atoms with E-state index in [1.807, 2.05) is 0 Å². The van der Waals surface area contributed by atoms with Crippen molar-refractivity contribution in [2.24, 2.45) is 5.73 Å². The number of carbonyl (C=O) groups excluding carboxylic acids is 1. The summed E-state index contributed by atoms with van der Waals surface area (Å²) in [5, 5.41) is 0. The first-order valence-corrected chi connectivity index (χ1v) is 25.2. The Morgan fingerprint density at radius 1 is 0.527 bits per heavy atom. The Morgan fingerprint density at radius 2 is 0.909 bits per heavy atom. The second-order valence-corrected chi connectivity index (χ2v) is 17.4. The average Bonchev–Trinajstić information content (AvgIpc) is 3.17. The van der Waals surface area contributed by atoms with Gasteiger partial charge in [0.2, 0.25) is 0 Å². The van der Waals surface area contributed by atoms with E-state index in [9.17, 15) is 14.3 Å². The molecule has 0 aliphatic heterocycles. The number of nitrogens with two attached hydrogens (primary N) is 1. The van der Waals surface area contributed by atoms with Gasteiger partial charge in [0.1, 0.15) is 6.10 Å². The molecule has 9 heteroatoms. The summed E-state index contributed by atoms with van der Waals surface area (Å²) in [5.74, 6) is -0.326. The van der Waals surface area contributed by atoms with E-state index in [0.29, 0.717) is 13.0 Å². The van der Waals surface area contributed by atoms with Crippen molar-refractivity contribution in [1.82, 2.24) is 0 Å². The van der Waals surface area contributed by atoms with E-state index >= 15 is 0 Å². The highest BCUT2D eigenvalue weighted by Crippen LogP contribution is 2.43. The van der Waals surface area contributed by atoms with E-state index in [1.54, 1.807) is 0 Å². The van der Waals surface area contributed by atoms with Crippen LogP contribution in [0.15, 0.2) is 12.2 Å². The van der Waals surface area contributed by atoms with Crippen LogP contribution in [0.5, 0.6) is 0 Å². The molecule has 0 heterocycles. The summed E-state index contributed by atoms with van der Waals surface area (Å²) in [6.45, 7) is 4.96. The molecule has 0 aromatic carbocycles. The molecule has 0 fully saturated rings. The van der Waals surface area contributed by atoms with E-state index < -0.39 is 13.9 Å². The van der Waals surface area contributed by atoms with Gasteiger partial charge in [-0.05, 0) is 38.5 Å². The highest BCUT2D eigenvalue weighted by atomic mass is 31.2. The van der Waals surface area contributed by atoms with E-state index in [4.69, 9.17) is 24.3 Å². The molecule has 3 N–H and O–H groups in total. The Kier molecular flexibility index (Phi) is 43.7. The molecule has 0 aliphatic carbocycles. The number of carbonyl (C=O) groups is 1. The fourth-order valence-electron chi connectivity index (χ4n) is 6.93. The lowest BCUT2D eigenvalue weighted by Gasteiger charge is -2.20. The molecule has 0 radical (unpaired) electrons. The maximum atomic E-state index is 12.6. The molecule has 328 valence electrons. The van der Waals surface area contributed by atoms with Crippen LogP contribution in [0.3, 0.4) is 0 Å². The number of hydrogen-bond donors (Lipinski definition) is 2. The van der Waals surface area contributed by atoms with Gasteiger partial charge in [-0.3, -0.25) is 13.8 Å². The number of rotatable bonds is 46. The minimum Gasteiger partial charge on any atom is -0.457 e. The van der Waals surface area contributed by atoms with Gasteiger partial charge in [-0.25, -0.2) is 4.57 Å².